The number of hydrogen-bond acceptors (Lipinski definition) is 6. The Morgan fingerprint density at radius 3 is 2.73 bits per heavy atom. The molecule has 5 rings (SSSR count). The number of aromatic nitrogens is 3. The standard InChI is InChI=1S/C30H31ClFN7O2/c1-38(2)13-5-8-27(40)36-26-10-9-19(16-24(26)32)29(41)39-14-11-20(12-15-39)35-30-34-18-23(31)28(37-30)22-17-33-25-7-4-3-6-21(22)25/h3-10,16-18,20,33H,11-15H2,1-2H3,(H,36,40)(H,34,35,37). The molecule has 0 bridgehead atoms. The number of benzene rings is 2. The van der Waals surface area contributed by atoms with Gasteiger partial charge in [0.05, 0.1) is 22.6 Å². The molecular formula is C30H31ClFN7O2. The van der Waals surface area contributed by atoms with Gasteiger partial charge in [0.25, 0.3) is 5.91 Å². The minimum absolute atomic E-state index is 0.0268. The average molecular weight is 576 g/mol. The summed E-state index contributed by atoms with van der Waals surface area (Å²) in [4.78, 5) is 41.0. The number of nitrogens with one attached hydrogen (secondary N) is 3. The highest BCUT2D eigenvalue weighted by molar-refractivity contribution is 6.33. The fourth-order valence-electron chi connectivity index (χ4n) is 4.78. The second-order valence-electron chi connectivity index (χ2n) is 10.2. The van der Waals surface area contributed by atoms with Gasteiger partial charge in [0.1, 0.15) is 5.82 Å². The van der Waals surface area contributed by atoms with Gasteiger partial charge in [0.2, 0.25) is 11.9 Å². The summed E-state index contributed by atoms with van der Waals surface area (Å²) in [5.74, 6) is -0.878. The zero-order valence-corrected chi connectivity index (χ0v) is 23.6. The molecule has 0 atom stereocenters. The number of rotatable bonds is 8. The molecule has 1 fully saturated rings. The highest BCUT2D eigenvalue weighted by Crippen LogP contribution is 2.32. The van der Waals surface area contributed by atoms with E-state index in [1.165, 1.54) is 24.3 Å². The zero-order valence-electron chi connectivity index (χ0n) is 22.8. The van der Waals surface area contributed by atoms with E-state index in [1.807, 2.05) is 49.5 Å². The maximum Gasteiger partial charge on any atom is 0.253 e. The molecule has 2 aromatic carbocycles. The molecule has 0 unspecified atom stereocenters. The second kappa shape index (κ2) is 12.5. The first kappa shape index (κ1) is 28.3. The molecule has 41 heavy (non-hydrogen) atoms. The van der Waals surface area contributed by atoms with E-state index in [4.69, 9.17) is 16.6 Å². The Hall–Kier alpha value is -4.28. The number of carbonyl (C=O) groups is 2. The molecule has 9 nitrogen and oxygen atoms in total. The Balaban J connectivity index is 1.18. The van der Waals surface area contributed by atoms with Crippen LogP contribution < -0.4 is 10.6 Å². The Kier molecular flexibility index (Phi) is 8.61. The monoisotopic (exact) mass is 575 g/mol. The highest BCUT2D eigenvalue weighted by Gasteiger charge is 2.25. The molecule has 212 valence electrons. The minimum atomic E-state index is -0.660. The molecule has 2 amide bonds. The van der Waals surface area contributed by atoms with E-state index in [2.05, 4.69) is 20.6 Å². The van der Waals surface area contributed by atoms with E-state index in [0.717, 1.165) is 16.5 Å². The van der Waals surface area contributed by atoms with Crippen molar-refractivity contribution < 1.29 is 14.0 Å². The topological polar surface area (TPSA) is 106 Å². The third-order valence-electron chi connectivity index (χ3n) is 6.92. The summed E-state index contributed by atoms with van der Waals surface area (Å²) < 4.78 is 14.7. The summed E-state index contributed by atoms with van der Waals surface area (Å²) in [6.45, 7) is 1.58. The summed E-state index contributed by atoms with van der Waals surface area (Å²) in [6.07, 6.45) is 7.87. The van der Waals surface area contributed by atoms with E-state index in [0.29, 0.717) is 49.1 Å². The number of likely N-dealkylation sites (tertiary alicyclic amines) is 1. The molecule has 1 saturated heterocycles. The average Bonchev–Trinajstić information content (AvgIpc) is 3.39. The quantitative estimate of drug-likeness (QED) is 0.250. The van der Waals surface area contributed by atoms with Crippen LogP contribution in [0.5, 0.6) is 0 Å². The predicted molar refractivity (Wildman–Crippen MR) is 160 cm³/mol. The van der Waals surface area contributed by atoms with Gasteiger partial charge < -0.3 is 25.4 Å². The summed E-state index contributed by atoms with van der Waals surface area (Å²) in [6, 6.07) is 12.1. The second-order valence-corrected chi connectivity index (χ2v) is 10.6. The fourth-order valence-corrected chi connectivity index (χ4v) is 4.97. The number of anilines is 2. The maximum atomic E-state index is 14.7. The molecule has 3 heterocycles. The first-order valence-corrected chi connectivity index (χ1v) is 13.7. The lowest BCUT2D eigenvalue weighted by Crippen LogP contribution is -2.42. The van der Waals surface area contributed by atoms with Gasteiger partial charge in [-0.2, -0.15) is 0 Å². The molecule has 0 radical (unpaired) electrons. The lowest BCUT2D eigenvalue weighted by Gasteiger charge is -2.32. The van der Waals surface area contributed by atoms with Crippen LogP contribution in [0.4, 0.5) is 16.0 Å². The number of nitrogens with zero attached hydrogens (tertiary/aromatic N) is 4. The molecule has 0 spiro atoms. The molecule has 2 aromatic heterocycles. The van der Waals surface area contributed by atoms with Crippen LogP contribution in [0.3, 0.4) is 0 Å². The van der Waals surface area contributed by atoms with Gasteiger partial charge in [-0.15, -0.1) is 0 Å². The summed E-state index contributed by atoms with van der Waals surface area (Å²) in [5.41, 5.74) is 2.80. The number of aromatic amines is 1. The SMILES string of the molecule is CN(C)CC=CC(=O)Nc1ccc(C(=O)N2CCC(Nc3ncc(Cl)c(-c4c[nH]c5ccccc45)n3)CC2)cc1F. The molecule has 0 aliphatic carbocycles. The van der Waals surface area contributed by atoms with Gasteiger partial charge in [-0.3, -0.25) is 9.59 Å². The fraction of sp³-hybridized carbons (Fsp3) is 0.267. The van der Waals surface area contributed by atoms with E-state index in [9.17, 15) is 14.0 Å². The number of carbonyl (C=O) groups excluding carboxylic acids is 2. The van der Waals surface area contributed by atoms with E-state index in [-0.39, 0.29) is 23.2 Å². The Bertz CT molecular complexity index is 1600. The normalized spacial score (nSPS) is 14.2. The van der Waals surface area contributed by atoms with Crippen LogP contribution in [0.1, 0.15) is 23.2 Å². The van der Waals surface area contributed by atoms with Crippen LogP contribution in [-0.2, 0) is 4.79 Å². The number of para-hydroxylation sites is 1. The van der Waals surface area contributed by atoms with Crippen molar-refractivity contribution >= 4 is 46.0 Å². The van der Waals surface area contributed by atoms with E-state index in [1.54, 1.807) is 17.2 Å². The highest BCUT2D eigenvalue weighted by atomic mass is 35.5. The van der Waals surface area contributed by atoms with Crippen molar-refractivity contribution in [1.29, 1.82) is 0 Å². The summed E-state index contributed by atoms with van der Waals surface area (Å²) in [7, 11) is 3.76. The van der Waals surface area contributed by atoms with Gasteiger partial charge in [-0.05, 0) is 51.2 Å². The summed E-state index contributed by atoms with van der Waals surface area (Å²) in [5, 5.41) is 7.37. The molecule has 1 aliphatic heterocycles. The van der Waals surface area contributed by atoms with Gasteiger partial charge in [-0.1, -0.05) is 35.9 Å². The third kappa shape index (κ3) is 6.72. The van der Waals surface area contributed by atoms with Crippen molar-refractivity contribution in [1.82, 2.24) is 24.8 Å². The van der Waals surface area contributed by atoms with Gasteiger partial charge in [0, 0.05) is 60.0 Å². The minimum Gasteiger partial charge on any atom is -0.360 e. The Labute approximate surface area is 242 Å². The van der Waals surface area contributed by atoms with E-state index < -0.39 is 11.7 Å². The van der Waals surface area contributed by atoms with Crippen LogP contribution in [-0.4, -0.2) is 76.3 Å². The Morgan fingerprint density at radius 1 is 1.20 bits per heavy atom. The van der Waals surface area contributed by atoms with Crippen LogP contribution in [0, 0.1) is 5.82 Å². The van der Waals surface area contributed by atoms with Gasteiger partial charge >= 0.3 is 0 Å². The van der Waals surface area contributed by atoms with Crippen molar-refractivity contribution in [3.63, 3.8) is 0 Å². The Morgan fingerprint density at radius 2 is 1.98 bits per heavy atom. The van der Waals surface area contributed by atoms with Crippen molar-refractivity contribution in [2.24, 2.45) is 0 Å². The van der Waals surface area contributed by atoms with Crippen molar-refractivity contribution in [3.8, 4) is 11.3 Å². The predicted octanol–water partition coefficient (Wildman–Crippen LogP) is 5.19. The number of likely N-dealkylation sites (N-methyl/N-ethyl adjacent to an activating group) is 1. The molecular weight excluding hydrogens is 545 g/mol. The number of piperidine rings is 1. The van der Waals surface area contributed by atoms with Crippen LogP contribution >= 0.6 is 11.6 Å². The van der Waals surface area contributed by atoms with E-state index >= 15 is 0 Å². The first-order chi connectivity index (χ1) is 19.8. The lowest BCUT2D eigenvalue weighted by molar-refractivity contribution is -0.111. The van der Waals surface area contributed by atoms with Crippen molar-refractivity contribution in [2.75, 3.05) is 44.4 Å². The van der Waals surface area contributed by atoms with Crippen LogP contribution in [0.25, 0.3) is 22.2 Å². The smallest absolute Gasteiger partial charge is 0.253 e. The number of fused-ring (bicyclic) bond motifs is 1. The largest absolute Gasteiger partial charge is 0.360 e. The maximum absolute atomic E-state index is 14.7. The van der Waals surface area contributed by atoms with Crippen molar-refractivity contribution in [2.45, 2.75) is 18.9 Å². The van der Waals surface area contributed by atoms with Crippen LogP contribution in [0.2, 0.25) is 5.02 Å². The number of hydrogen-bond donors (Lipinski definition) is 3. The number of H-pyrrole nitrogens is 1. The van der Waals surface area contributed by atoms with Gasteiger partial charge in [-0.25, -0.2) is 14.4 Å². The number of amides is 2. The summed E-state index contributed by atoms with van der Waals surface area (Å²) >= 11 is 6.46. The molecule has 3 N–H and O–H groups in total. The van der Waals surface area contributed by atoms with Crippen LogP contribution in [0.15, 0.2) is 67.0 Å². The molecule has 11 heteroatoms. The molecule has 4 aromatic rings. The number of halogens is 2. The molecule has 1 aliphatic rings. The molecule has 0 saturated carbocycles. The zero-order chi connectivity index (χ0) is 28.9. The first-order valence-electron chi connectivity index (χ1n) is 13.3. The lowest BCUT2D eigenvalue weighted by atomic mass is 10.0. The van der Waals surface area contributed by atoms with Gasteiger partial charge in [0.15, 0.2) is 0 Å². The van der Waals surface area contributed by atoms with Crippen molar-refractivity contribution in [3.05, 3.63) is 83.4 Å². The third-order valence-corrected chi connectivity index (χ3v) is 7.19.